The number of pyridine rings is 1. The molecule has 0 aliphatic carbocycles. The van der Waals surface area contributed by atoms with Crippen LogP contribution in [-0.4, -0.2) is 22.8 Å². The van der Waals surface area contributed by atoms with Crippen molar-refractivity contribution in [2.45, 2.75) is 51.6 Å². The van der Waals surface area contributed by atoms with Crippen LogP contribution in [0.15, 0.2) is 48.3 Å². The Morgan fingerprint density at radius 3 is 2.71 bits per heavy atom. The number of aromatic nitrogens is 1. The van der Waals surface area contributed by atoms with Crippen molar-refractivity contribution in [3.8, 4) is 5.88 Å². The number of benzene rings is 1. The van der Waals surface area contributed by atoms with Gasteiger partial charge >= 0.3 is 0 Å². The Kier molecular flexibility index (Phi) is 7.69. The van der Waals surface area contributed by atoms with Crippen molar-refractivity contribution < 1.29 is 14.2 Å². The summed E-state index contributed by atoms with van der Waals surface area (Å²) in [5.74, 6) is 0.249. The van der Waals surface area contributed by atoms with Gasteiger partial charge in [-0.3, -0.25) is 0 Å². The van der Waals surface area contributed by atoms with Crippen molar-refractivity contribution in [2.24, 2.45) is 0 Å². The lowest BCUT2D eigenvalue weighted by Gasteiger charge is -2.06. The first-order valence-corrected chi connectivity index (χ1v) is 8.69. The van der Waals surface area contributed by atoms with Crippen LogP contribution in [0.4, 0.5) is 4.39 Å². The molecule has 1 aromatic heterocycles. The van der Waals surface area contributed by atoms with E-state index in [0.29, 0.717) is 18.9 Å². The summed E-state index contributed by atoms with van der Waals surface area (Å²) in [4.78, 5) is 4.48. The van der Waals surface area contributed by atoms with Crippen molar-refractivity contribution in [1.29, 1.82) is 0 Å². The Morgan fingerprint density at radius 1 is 1.12 bits per heavy atom. The molecule has 1 atom stereocenters. The van der Waals surface area contributed by atoms with E-state index in [2.05, 4.69) is 4.98 Å². The molecule has 0 saturated heterocycles. The van der Waals surface area contributed by atoms with Crippen molar-refractivity contribution in [3.05, 3.63) is 48.3 Å². The molecule has 2 rings (SSSR count). The topological polar surface area (TPSA) is 42.4 Å². The minimum atomic E-state index is -0.981. The molecule has 0 saturated carbocycles. The Balaban J connectivity index is 1.55. The molecule has 130 valence electrons. The SMILES string of the molecule is CC(O)/C(F)=C\CCCCCCCOc1ccc2ccccc2n1. The van der Waals surface area contributed by atoms with Crippen LogP contribution in [0.2, 0.25) is 0 Å². The van der Waals surface area contributed by atoms with Gasteiger partial charge in [0.25, 0.3) is 0 Å². The highest BCUT2D eigenvalue weighted by Crippen LogP contribution is 2.16. The van der Waals surface area contributed by atoms with Gasteiger partial charge in [0.05, 0.1) is 12.1 Å². The van der Waals surface area contributed by atoms with Crippen molar-refractivity contribution in [3.63, 3.8) is 0 Å². The number of unbranched alkanes of at least 4 members (excludes halogenated alkanes) is 5. The highest BCUT2D eigenvalue weighted by molar-refractivity contribution is 5.78. The highest BCUT2D eigenvalue weighted by atomic mass is 19.1. The van der Waals surface area contributed by atoms with E-state index < -0.39 is 11.9 Å². The number of nitrogens with zero attached hydrogens (tertiary/aromatic N) is 1. The van der Waals surface area contributed by atoms with Gasteiger partial charge in [-0.05, 0) is 38.3 Å². The molecule has 1 N–H and O–H groups in total. The molecule has 1 heterocycles. The predicted molar refractivity (Wildman–Crippen MR) is 95.8 cm³/mol. The molecule has 1 aromatic carbocycles. The van der Waals surface area contributed by atoms with E-state index in [9.17, 15) is 4.39 Å². The second kappa shape index (κ2) is 10.0. The molecule has 4 heteroatoms. The first-order valence-electron chi connectivity index (χ1n) is 8.69. The predicted octanol–water partition coefficient (Wildman–Crippen LogP) is 5.19. The van der Waals surface area contributed by atoms with E-state index in [0.717, 1.165) is 43.0 Å². The number of ether oxygens (including phenoxy) is 1. The fraction of sp³-hybridized carbons (Fsp3) is 0.450. The zero-order valence-corrected chi connectivity index (χ0v) is 14.2. The third-order valence-corrected chi connectivity index (χ3v) is 3.91. The summed E-state index contributed by atoms with van der Waals surface area (Å²) in [6.45, 7) is 2.11. The van der Waals surface area contributed by atoms with E-state index in [-0.39, 0.29) is 0 Å². The first-order chi connectivity index (χ1) is 11.7. The van der Waals surface area contributed by atoms with Crippen molar-refractivity contribution in [2.75, 3.05) is 6.61 Å². The molecule has 3 nitrogen and oxygen atoms in total. The lowest BCUT2D eigenvalue weighted by atomic mass is 10.1. The minimum absolute atomic E-state index is 0.425. The quantitative estimate of drug-likeness (QED) is 0.609. The van der Waals surface area contributed by atoms with Gasteiger partial charge in [-0.15, -0.1) is 0 Å². The van der Waals surface area contributed by atoms with Crippen LogP contribution in [0.3, 0.4) is 0 Å². The summed E-state index contributed by atoms with van der Waals surface area (Å²) >= 11 is 0. The smallest absolute Gasteiger partial charge is 0.213 e. The highest BCUT2D eigenvalue weighted by Gasteiger charge is 2.01. The minimum Gasteiger partial charge on any atom is -0.478 e. The number of halogens is 1. The Morgan fingerprint density at radius 2 is 1.88 bits per heavy atom. The zero-order valence-electron chi connectivity index (χ0n) is 14.2. The van der Waals surface area contributed by atoms with Crippen LogP contribution in [-0.2, 0) is 0 Å². The molecule has 1 unspecified atom stereocenters. The molecule has 2 aromatic rings. The molecule has 0 bridgehead atoms. The van der Waals surface area contributed by atoms with E-state index in [4.69, 9.17) is 9.84 Å². The lowest BCUT2D eigenvalue weighted by Crippen LogP contribution is -1.99. The van der Waals surface area contributed by atoms with E-state index in [1.54, 1.807) is 0 Å². The molecule has 24 heavy (non-hydrogen) atoms. The number of aliphatic hydroxyl groups is 1. The van der Waals surface area contributed by atoms with Gasteiger partial charge in [-0.2, -0.15) is 0 Å². The number of allylic oxidation sites excluding steroid dienone is 1. The molecule has 0 aliphatic rings. The third kappa shape index (κ3) is 6.28. The average Bonchev–Trinajstić information content (AvgIpc) is 2.59. The number of fused-ring (bicyclic) bond motifs is 1. The maximum absolute atomic E-state index is 13.0. The van der Waals surface area contributed by atoms with Gasteiger partial charge in [0, 0.05) is 11.5 Å². The summed E-state index contributed by atoms with van der Waals surface area (Å²) in [6.07, 6.45) is 6.41. The Hall–Kier alpha value is -1.94. The van der Waals surface area contributed by atoms with E-state index in [1.807, 2.05) is 36.4 Å². The number of rotatable bonds is 10. The largest absolute Gasteiger partial charge is 0.478 e. The normalized spacial score (nSPS) is 13.2. The second-order valence-electron chi connectivity index (χ2n) is 6.01. The molecule has 0 spiro atoms. The first kappa shape index (κ1) is 18.4. The Labute approximate surface area is 143 Å². The summed E-state index contributed by atoms with van der Waals surface area (Å²) in [5, 5.41) is 10.1. The van der Waals surface area contributed by atoms with Crippen LogP contribution >= 0.6 is 0 Å². The number of hydrogen-bond acceptors (Lipinski definition) is 3. The summed E-state index contributed by atoms with van der Waals surface area (Å²) in [7, 11) is 0. The molecular formula is C20H26FNO2. The molecule has 0 amide bonds. The van der Waals surface area contributed by atoms with Gasteiger partial charge in [0.15, 0.2) is 0 Å². The van der Waals surface area contributed by atoms with Crippen LogP contribution in [0, 0.1) is 0 Å². The van der Waals surface area contributed by atoms with Gasteiger partial charge in [0.2, 0.25) is 5.88 Å². The average molecular weight is 331 g/mol. The molecule has 0 radical (unpaired) electrons. The maximum Gasteiger partial charge on any atom is 0.213 e. The summed E-state index contributed by atoms with van der Waals surface area (Å²) in [5.41, 5.74) is 0.951. The monoisotopic (exact) mass is 331 g/mol. The summed E-state index contributed by atoms with van der Waals surface area (Å²) < 4.78 is 18.8. The van der Waals surface area contributed by atoms with Crippen LogP contribution in [0.25, 0.3) is 10.9 Å². The van der Waals surface area contributed by atoms with E-state index >= 15 is 0 Å². The fourth-order valence-corrected chi connectivity index (χ4v) is 2.49. The summed E-state index contributed by atoms with van der Waals surface area (Å²) in [6, 6.07) is 11.9. The van der Waals surface area contributed by atoms with E-state index in [1.165, 1.54) is 13.0 Å². The van der Waals surface area contributed by atoms with Crippen LogP contribution < -0.4 is 4.74 Å². The van der Waals surface area contributed by atoms with Gasteiger partial charge in [-0.25, -0.2) is 9.37 Å². The fourth-order valence-electron chi connectivity index (χ4n) is 2.49. The van der Waals surface area contributed by atoms with Crippen LogP contribution in [0.1, 0.15) is 45.4 Å². The molecule has 0 aliphatic heterocycles. The number of aliphatic hydroxyl groups excluding tert-OH is 1. The zero-order chi connectivity index (χ0) is 17.2. The number of para-hydroxylation sites is 1. The van der Waals surface area contributed by atoms with Gasteiger partial charge in [-0.1, -0.05) is 43.5 Å². The maximum atomic E-state index is 13.0. The van der Waals surface area contributed by atoms with Gasteiger partial charge < -0.3 is 9.84 Å². The van der Waals surface area contributed by atoms with Crippen LogP contribution in [0.5, 0.6) is 5.88 Å². The van der Waals surface area contributed by atoms with Gasteiger partial charge in [0.1, 0.15) is 11.9 Å². The molecule has 0 fully saturated rings. The van der Waals surface area contributed by atoms with Crippen molar-refractivity contribution >= 4 is 10.9 Å². The Bertz CT molecular complexity index is 655. The van der Waals surface area contributed by atoms with Crippen molar-refractivity contribution in [1.82, 2.24) is 4.98 Å². The molecular weight excluding hydrogens is 305 g/mol. The third-order valence-electron chi connectivity index (χ3n) is 3.91. The lowest BCUT2D eigenvalue weighted by molar-refractivity contribution is 0.201. The standard InChI is InChI=1S/C20H26FNO2/c1-16(23)18(21)11-6-4-2-3-5-9-15-24-20-14-13-17-10-7-8-12-19(17)22-20/h7-8,10-14,16,23H,2-6,9,15H2,1H3/b18-11+. The number of hydrogen-bond donors (Lipinski definition) is 1. The second-order valence-corrected chi connectivity index (χ2v) is 6.01.